The van der Waals surface area contributed by atoms with Gasteiger partial charge in [-0.3, -0.25) is 24.5 Å². The van der Waals surface area contributed by atoms with Crippen LogP contribution in [0.15, 0.2) is 91.0 Å². The molecule has 18 aliphatic rings. The Hall–Kier alpha value is -5.50. The van der Waals surface area contributed by atoms with Crippen molar-refractivity contribution >= 4 is 20.0 Å². The predicted octanol–water partition coefficient (Wildman–Crippen LogP) is 11.0. The molecule has 768 valence electrons. The molecule has 15 heterocycles. The number of sulfonamides is 2. The number of nitrogens with zero attached hydrogens (tertiary/aromatic N) is 9. The van der Waals surface area contributed by atoms with Gasteiger partial charge in [-0.2, -0.15) is 0 Å². The van der Waals surface area contributed by atoms with Gasteiger partial charge in [-0.15, -0.1) is 0 Å². The van der Waals surface area contributed by atoms with Crippen molar-refractivity contribution in [2.24, 2.45) is 93.8 Å². The summed E-state index contributed by atoms with van der Waals surface area (Å²) in [7, 11) is -4.11. The molecule has 18 fully saturated rings. The number of nitrogens with two attached hydrogens (primary N) is 5. The minimum Gasteiger partial charge on any atom is -0.370 e. The van der Waals surface area contributed by atoms with Gasteiger partial charge >= 0.3 is 0 Å². The Balaban J connectivity index is 0.000000111. The first-order valence-electron chi connectivity index (χ1n) is 51.7. The number of ether oxygens (including phenoxy) is 5. The van der Waals surface area contributed by atoms with Crippen LogP contribution >= 0.6 is 0 Å². The number of benzene rings is 5. The van der Waals surface area contributed by atoms with Crippen LogP contribution in [0.5, 0.6) is 0 Å². The van der Waals surface area contributed by atoms with E-state index in [0.29, 0.717) is 102 Å². The zero-order valence-corrected chi connectivity index (χ0v) is 81.8. The smallest absolute Gasteiger partial charge is 0.217 e. The molecule has 3 saturated carbocycles. The Morgan fingerprint density at radius 3 is 0.885 bits per heavy atom. The van der Waals surface area contributed by atoms with Crippen molar-refractivity contribution in [3.63, 3.8) is 0 Å². The summed E-state index contributed by atoms with van der Waals surface area (Å²) < 4.78 is 223. The van der Waals surface area contributed by atoms with E-state index in [1.54, 1.807) is 8.61 Å². The molecule has 0 bridgehead atoms. The van der Waals surface area contributed by atoms with E-state index >= 15 is 0 Å². The highest BCUT2D eigenvalue weighted by Crippen LogP contribution is 2.47. The first-order valence-corrected chi connectivity index (χ1v) is 54.8. The van der Waals surface area contributed by atoms with Crippen molar-refractivity contribution < 1.29 is 84.4 Å². The van der Waals surface area contributed by atoms with Crippen LogP contribution in [0.4, 0.5) is 43.9 Å². The fourth-order valence-electron chi connectivity index (χ4n) is 26.7. The molecule has 3 aliphatic carbocycles. The molecule has 5 aromatic rings. The second-order valence-electron chi connectivity index (χ2n) is 44.3. The number of nitrogens with one attached hydrogen (secondary N) is 1. The molecular formula is C103H145F10N15O9S2. The molecule has 10 unspecified atom stereocenters. The Morgan fingerprint density at radius 1 is 0.309 bits per heavy atom. The maximum absolute atomic E-state index is 14.2. The van der Waals surface area contributed by atoms with Crippen LogP contribution in [-0.4, -0.2) is 308 Å². The van der Waals surface area contributed by atoms with Crippen LogP contribution in [0.25, 0.3) is 0 Å². The molecular weight excluding hydrogens is 1850 g/mol. The molecule has 5 aromatic carbocycles. The van der Waals surface area contributed by atoms with E-state index in [9.17, 15) is 60.7 Å². The maximum atomic E-state index is 14.2. The van der Waals surface area contributed by atoms with E-state index in [1.165, 1.54) is 88.6 Å². The monoisotopic (exact) mass is 1990 g/mol. The average molecular weight is 1990 g/mol. The van der Waals surface area contributed by atoms with Crippen molar-refractivity contribution in [1.82, 2.24) is 48.2 Å². The standard InChI is InChI=1S/C23H33F2N3O3S.C22H31F2N3O.C21H29F2N3O3S.C19H27F2N3O.C18H25F2N3O/c24-17-5-6-21(25)20(9-17)23-22(26)10-18(14-31-23)27-8-7-15-12-28(13-16(15)11-27)32(29,30)19-3-1-2-4-19;23-17-3-4-20(24)19(7-17)22-21(25)8-18(13-28-22)27-6-5-15-10-26(9-14-1-2-14)11-16(15)12-27;22-15-1-4-19(23)18(7-15)21-20(24)8-16(12-29-21)25-6-5-13-10-26(11-14(13)9-25)30(27,28)17-2-3-17;1-23-8-12-4-5-24(10-13(12)9-23)15-7-18(22)19(25-11-15)16-6-14(20)2-3-17(16)21;19-13-1-2-16(20)15(5-13)18-17(21)6-14(10-24-18)23-4-3-11-7-22-8-12(11)9-23/h5-6,9,15-16,18-19,22-23H,1-4,7-8,10-14,26H2;3-4,7,14-16,18,21-22H,1-2,5-6,8-13,25H2;1,4,7,13-14,16-17,20-21H,2-3,5-6,8-12,24H2;2-3,6,12-13,15,18-19H,4-5,7-11,22H2,1H3;1-2,5,11-12,14,17-18,22H,3-4,6-10,21H2/t15?,16?,18-,22+,23-;15?,16?,18-,21+,22-;13?,14?,16-,20+,21-;12?,13?,15-,18+,19-;11?,12?,14-,17+,18-/m11111/s1. The maximum Gasteiger partial charge on any atom is 0.217 e. The summed E-state index contributed by atoms with van der Waals surface area (Å²) in [6.45, 7) is 23.3. The third kappa shape index (κ3) is 23.7. The number of rotatable bonds is 16. The van der Waals surface area contributed by atoms with Crippen molar-refractivity contribution in [3.05, 3.63) is 177 Å². The fourth-order valence-corrected chi connectivity index (χ4v) is 30.8. The molecule has 36 heteroatoms. The van der Waals surface area contributed by atoms with Gasteiger partial charge in [0.2, 0.25) is 20.0 Å². The first-order chi connectivity index (χ1) is 66.8. The van der Waals surface area contributed by atoms with Crippen LogP contribution in [0.3, 0.4) is 0 Å². The lowest BCUT2D eigenvalue weighted by Gasteiger charge is -2.44. The molecule has 24 nitrogen and oxygen atoms in total. The van der Waals surface area contributed by atoms with E-state index in [2.05, 4.69) is 46.7 Å². The van der Waals surface area contributed by atoms with Gasteiger partial charge in [0.25, 0.3) is 0 Å². The SMILES string of the molecule is CN1CC2CCN([C@H]3CO[C@H](c4cc(F)ccc4F)[C@@H](N)C3)CC2C1.N[C@H]1C[C@@H](N2CCC3CN(CC4CC4)CC3C2)CO[C@@H]1c1cc(F)ccc1F.N[C@H]1C[C@@H](N2CCC3CN(S(=O)(=O)C4CC4)CC3C2)CO[C@@H]1c1cc(F)ccc1F.N[C@H]1C[C@@H](N2CCC3CN(S(=O)(=O)C4CCCC4)CC3C2)CO[C@@H]1c1cc(F)ccc1F.N[C@H]1C[C@@H](N2CCC3CNCC3C2)CO[C@@H]1c1cc(F)ccc1F. The highest BCUT2D eigenvalue weighted by molar-refractivity contribution is 7.90. The molecule has 0 radical (unpaired) electrons. The van der Waals surface area contributed by atoms with Gasteiger partial charge < -0.3 is 67.5 Å². The van der Waals surface area contributed by atoms with Crippen molar-refractivity contribution in [2.45, 2.75) is 217 Å². The lowest BCUT2D eigenvalue weighted by atomic mass is 9.86. The van der Waals surface area contributed by atoms with Gasteiger partial charge in [-0.1, -0.05) is 12.8 Å². The number of likely N-dealkylation sites (tertiary alicyclic amines) is 7. The molecule has 11 N–H and O–H groups in total. The summed E-state index contributed by atoms with van der Waals surface area (Å²) in [6, 6.07) is 16.5. The summed E-state index contributed by atoms with van der Waals surface area (Å²) >= 11 is 0. The molecule has 23 rings (SSSR count). The Morgan fingerprint density at radius 2 is 0.568 bits per heavy atom. The third-order valence-corrected chi connectivity index (χ3v) is 39.4. The van der Waals surface area contributed by atoms with E-state index in [0.717, 1.165) is 252 Å². The van der Waals surface area contributed by atoms with Gasteiger partial charge in [0, 0.05) is 180 Å². The van der Waals surface area contributed by atoms with Crippen molar-refractivity contribution in [1.29, 1.82) is 0 Å². The van der Waals surface area contributed by atoms with Crippen molar-refractivity contribution in [2.75, 3.05) is 178 Å². The third-order valence-electron chi connectivity index (χ3n) is 34.8. The van der Waals surface area contributed by atoms with Gasteiger partial charge in [0.15, 0.2) is 0 Å². The van der Waals surface area contributed by atoms with Crippen LogP contribution in [-0.2, 0) is 43.7 Å². The zero-order valence-electron chi connectivity index (χ0n) is 80.1. The van der Waals surface area contributed by atoms with E-state index in [-0.39, 0.29) is 86.7 Å². The normalized spacial score (nSPS) is 36.5. The lowest BCUT2D eigenvalue weighted by molar-refractivity contribution is -0.0616. The number of hydrogen-bond donors (Lipinski definition) is 6. The Bertz CT molecular complexity index is 5250. The van der Waals surface area contributed by atoms with Crippen LogP contribution in [0.2, 0.25) is 0 Å². The highest BCUT2D eigenvalue weighted by Gasteiger charge is 2.52. The summed E-state index contributed by atoms with van der Waals surface area (Å²) in [5.74, 6) is 2.39. The molecule has 139 heavy (non-hydrogen) atoms. The molecule has 15 saturated heterocycles. The van der Waals surface area contributed by atoms with E-state index in [4.69, 9.17) is 52.4 Å². The first kappa shape index (κ1) is 102. The second kappa shape index (κ2) is 44.3. The van der Waals surface area contributed by atoms with Gasteiger partial charge in [-0.25, -0.2) is 69.4 Å². The van der Waals surface area contributed by atoms with E-state index < -0.39 is 121 Å². The van der Waals surface area contributed by atoms with Crippen LogP contribution in [0.1, 0.15) is 174 Å². The second-order valence-corrected chi connectivity index (χ2v) is 48.7. The van der Waals surface area contributed by atoms with Crippen molar-refractivity contribution in [3.8, 4) is 0 Å². The topological polar surface area (TPSA) is 286 Å². The van der Waals surface area contributed by atoms with Gasteiger partial charge in [0.1, 0.15) is 88.7 Å². The summed E-state index contributed by atoms with van der Waals surface area (Å²) in [5.41, 5.74) is 32.7. The predicted molar refractivity (Wildman–Crippen MR) is 509 cm³/mol. The Kier molecular flexibility index (Phi) is 32.5. The molecule has 15 aliphatic heterocycles. The quantitative estimate of drug-likeness (QED) is 0.0501. The molecule has 25 atom stereocenters. The highest BCUT2D eigenvalue weighted by atomic mass is 32.2. The number of hydrogen-bond acceptors (Lipinski definition) is 22. The lowest BCUT2D eigenvalue weighted by Crippen LogP contribution is -2.53. The minimum atomic E-state index is -3.19. The number of halogens is 10. The fraction of sp³-hybridized carbons (Fsp3) is 0.709. The Labute approximate surface area is 813 Å². The van der Waals surface area contributed by atoms with E-state index in [1.807, 2.05) is 0 Å². The number of piperidine rings is 5. The average Bonchev–Trinajstić information content (AvgIpc) is 1.62. The molecule has 0 aromatic heterocycles. The number of fused-ring (bicyclic) bond motifs is 5. The van der Waals surface area contributed by atoms with Gasteiger partial charge in [0.05, 0.1) is 43.5 Å². The molecule has 0 spiro atoms. The summed E-state index contributed by atoms with van der Waals surface area (Å²) in [6.07, 6.45) is 14.2. The van der Waals surface area contributed by atoms with Crippen LogP contribution in [0, 0.1) is 123 Å². The largest absolute Gasteiger partial charge is 0.370 e. The van der Waals surface area contributed by atoms with Crippen LogP contribution < -0.4 is 34.0 Å². The summed E-state index contributed by atoms with van der Waals surface area (Å²) in [5, 5.41) is 3.13. The summed E-state index contributed by atoms with van der Waals surface area (Å²) in [4.78, 5) is 17.3. The molecule has 0 amide bonds. The van der Waals surface area contributed by atoms with Gasteiger partial charge in [-0.05, 0) is 312 Å². The zero-order chi connectivity index (χ0) is 97.0. The minimum absolute atomic E-state index is 0.110.